The van der Waals surface area contributed by atoms with Crippen molar-refractivity contribution in [1.29, 1.82) is 0 Å². The van der Waals surface area contributed by atoms with Gasteiger partial charge in [-0.15, -0.1) is 0 Å². The Labute approximate surface area is 89.9 Å². The van der Waals surface area contributed by atoms with Crippen molar-refractivity contribution in [3.05, 3.63) is 41.5 Å². The maximum Gasteiger partial charge on any atom is 0.195 e. The van der Waals surface area contributed by atoms with Gasteiger partial charge < -0.3 is 5.73 Å². The number of hydrogen-bond donors (Lipinski definition) is 1. The number of nitrogens with two attached hydrogens (primary N) is 1. The van der Waals surface area contributed by atoms with Crippen LogP contribution in [0.15, 0.2) is 18.3 Å². The van der Waals surface area contributed by atoms with Crippen LogP contribution in [0, 0.1) is 17.5 Å². The molecule has 2 aromatic rings. The third-order valence-electron chi connectivity index (χ3n) is 2.35. The minimum absolute atomic E-state index is 0.0589. The molecular formula is C11H9F3N2. The second kappa shape index (κ2) is 3.75. The average molecular weight is 226 g/mol. The van der Waals surface area contributed by atoms with Crippen molar-refractivity contribution in [3.63, 3.8) is 0 Å². The smallest absolute Gasteiger partial charge is 0.195 e. The van der Waals surface area contributed by atoms with Gasteiger partial charge in [-0.1, -0.05) is 0 Å². The molecule has 1 atom stereocenters. The molecule has 1 aromatic carbocycles. The largest absolute Gasteiger partial charge is 0.323 e. The first-order valence-electron chi connectivity index (χ1n) is 4.70. The summed E-state index contributed by atoms with van der Waals surface area (Å²) in [5, 5.41) is 0.190. The fraction of sp³-hybridized carbons (Fsp3) is 0.182. The summed E-state index contributed by atoms with van der Waals surface area (Å²) >= 11 is 0. The summed E-state index contributed by atoms with van der Waals surface area (Å²) in [4.78, 5) is 3.88. The lowest BCUT2D eigenvalue weighted by molar-refractivity contribution is 0.453. The third kappa shape index (κ3) is 1.53. The first-order valence-corrected chi connectivity index (χ1v) is 4.70. The molecule has 1 aromatic heterocycles. The van der Waals surface area contributed by atoms with Gasteiger partial charge in [-0.3, -0.25) is 4.98 Å². The molecule has 0 fully saturated rings. The monoisotopic (exact) mass is 226 g/mol. The molecule has 2 nitrogen and oxygen atoms in total. The Hall–Kier alpha value is -1.62. The van der Waals surface area contributed by atoms with Crippen LogP contribution in [-0.2, 0) is 0 Å². The normalized spacial score (nSPS) is 13.1. The Morgan fingerprint density at radius 1 is 1.25 bits per heavy atom. The summed E-state index contributed by atoms with van der Waals surface area (Å²) in [6.45, 7) is 1.60. The number of fused-ring (bicyclic) bond motifs is 1. The molecule has 84 valence electrons. The van der Waals surface area contributed by atoms with Crippen LogP contribution in [0.1, 0.15) is 18.7 Å². The van der Waals surface area contributed by atoms with Gasteiger partial charge in [-0.2, -0.15) is 0 Å². The van der Waals surface area contributed by atoms with Gasteiger partial charge in [0.25, 0.3) is 0 Å². The van der Waals surface area contributed by atoms with Gasteiger partial charge >= 0.3 is 0 Å². The lowest BCUT2D eigenvalue weighted by atomic mass is 10.1. The Morgan fingerprint density at radius 3 is 2.56 bits per heavy atom. The second-order valence-electron chi connectivity index (χ2n) is 3.57. The van der Waals surface area contributed by atoms with Gasteiger partial charge in [0.1, 0.15) is 0 Å². The van der Waals surface area contributed by atoms with E-state index in [2.05, 4.69) is 4.98 Å². The first kappa shape index (κ1) is 10.9. The highest BCUT2D eigenvalue weighted by molar-refractivity contribution is 5.85. The maximum absolute atomic E-state index is 13.6. The quantitative estimate of drug-likeness (QED) is 0.759. The maximum atomic E-state index is 13.6. The number of benzene rings is 1. The SMILES string of the molecule is CC(N)c1nccc2cc(F)c(F)c(F)c12. The summed E-state index contributed by atoms with van der Waals surface area (Å²) in [5.74, 6) is -3.95. The van der Waals surface area contributed by atoms with Gasteiger partial charge in [-0.25, -0.2) is 13.2 Å². The summed E-state index contributed by atoms with van der Waals surface area (Å²) in [5.41, 5.74) is 5.81. The number of aromatic nitrogens is 1. The topological polar surface area (TPSA) is 38.9 Å². The van der Waals surface area contributed by atoms with E-state index < -0.39 is 23.5 Å². The standard InChI is InChI=1S/C11H9F3N2/c1-5(15)11-8-6(2-3-16-11)4-7(12)9(13)10(8)14/h2-5H,15H2,1H3. The molecule has 0 amide bonds. The fourth-order valence-electron chi connectivity index (χ4n) is 1.61. The zero-order valence-corrected chi connectivity index (χ0v) is 8.47. The zero-order chi connectivity index (χ0) is 11.9. The molecule has 0 saturated heterocycles. The highest BCUT2D eigenvalue weighted by Gasteiger charge is 2.18. The van der Waals surface area contributed by atoms with E-state index in [0.29, 0.717) is 0 Å². The van der Waals surface area contributed by atoms with Crippen molar-refractivity contribution < 1.29 is 13.2 Å². The molecule has 0 saturated carbocycles. The molecule has 0 aliphatic heterocycles. The predicted molar refractivity (Wildman–Crippen MR) is 54.2 cm³/mol. The molecule has 1 heterocycles. The van der Waals surface area contributed by atoms with E-state index in [4.69, 9.17) is 5.73 Å². The van der Waals surface area contributed by atoms with E-state index >= 15 is 0 Å². The van der Waals surface area contributed by atoms with E-state index in [-0.39, 0.29) is 16.5 Å². The van der Waals surface area contributed by atoms with Gasteiger partial charge in [0.15, 0.2) is 17.5 Å². The van der Waals surface area contributed by atoms with E-state index in [1.54, 1.807) is 6.92 Å². The third-order valence-corrected chi connectivity index (χ3v) is 2.35. The van der Waals surface area contributed by atoms with Crippen molar-refractivity contribution in [2.45, 2.75) is 13.0 Å². The zero-order valence-electron chi connectivity index (χ0n) is 8.47. The number of hydrogen-bond acceptors (Lipinski definition) is 2. The molecule has 0 spiro atoms. The van der Waals surface area contributed by atoms with Gasteiger partial charge in [-0.05, 0) is 24.4 Å². The predicted octanol–water partition coefficient (Wildman–Crippen LogP) is 2.67. The molecule has 0 bridgehead atoms. The molecule has 0 aliphatic carbocycles. The number of rotatable bonds is 1. The van der Waals surface area contributed by atoms with Crippen LogP contribution in [0.2, 0.25) is 0 Å². The van der Waals surface area contributed by atoms with Crippen LogP contribution in [0.5, 0.6) is 0 Å². The molecule has 16 heavy (non-hydrogen) atoms. The van der Waals surface area contributed by atoms with Crippen LogP contribution in [0.3, 0.4) is 0 Å². The van der Waals surface area contributed by atoms with Gasteiger partial charge in [0, 0.05) is 17.6 Å². The van der Waals surface area contributed by atoms with Crippen molar-refractivity contribution in [2.75, 3.05) is 0 Å². The van der Waals surface area contributed by atoms with E-state index in [1.165, 1.54) is 12.3 Å². The number of nitrogens with zero attached hydrogens (tertiary/aromatic N) is 1. The van der Waals surface area contributed by atoms with E-state index in [0.717, 1.165) is 6.07 Å². The lowest BCUT2D eigenvalue weighted by Crippen LogP contribution is -2.09. The van der Waals surface area contributed by atoms with Gasteiger partial charge in [0.2, 0.25) is 0 Å². The summed E-state index contributed by atoms with van der Waals surface area (Å²) in [6.07, 6.45) is 1.39. The molecule has 0 radical (unpaired) electrons. The molecule has 1 unspecified atom stereocenters. The van der Waals surface area contributed by atoms with Crippen LogP contribution in [-0.4, -0.2) is 4.98 Å². The average Bonchev–Trinajstić information content (AvgIpc) is 2.25. The van der Waals surface area contributed by atoms with Crippen molar-refractivity contribution >= 4 is 10.8 Å². The Morgan fingerprint density at radius 2 is 1.94 bits per heavy atom. The minimum atomic E-state index is -1.50. The lowest BCUT2D eigenvalue weighted by Gasteiger charge is -2.10. The summed E-state index contributed by atoms with van der Waals surface area (Å²) in [7, 11) is 0. The molecule has 2 rings (SSSR count). The minimum Gasteiger partial charge on any atom is -0.323 e. The highest BCUT2D eigenvalue weighted by Crippen LogP contribution is 2.27. The Balaban J connectivity index is 2.92. The van der Waals surface area contributed by atoms with Crippen LogP contribution in [0.25, 0.3) is 10.8 Å². The van der Waals surface area contributed by atoms with Crippen LogP contribution in [0.4, 0.5) is 13.2 Å². The molecular weight excluding hydrogens is 217 g/mol. The molecule has 2 N–H and O–H groups in total. The Bertz CT molecular complexity index is 552. The van der Waals surface area contributed by atoms with Crippen molar-refractivity contribution in [1.82, 2.24) is 4.98 Å². The second-order valence-corrected chi connectivity index (χ2v) is 3.57. The van der Waals surface area contributed by atoms with E-state index in [1.807, 2.05) is 0 Å². The number of pyridine rings is 1. The molecule has 0 aliphatic rings. The van der Waals surface area contributed by atoms with Crippen LogP contribution < -0.4 is 5.73 Å². The van der Waals surface area contributed by atoms with Gasteiger partial charge in [0.05, 0.1) is 5.69 Å². The summed E-state index contributed by atoms with van der Waals surface area (Å²) in [6, 6.07) is 1.79. The van der Waals surface area contributed by atoms with E-state index in [9.17, 15) is 13.2 Å². The van der Waals surface area contributed by atoms with Crippen molar-refractivity contribution in [3.8, 4) is 0 Å². The summed E-state index contributed by atoms with van der Waals surface area (Å²) < 4.78 is 39.6. The fourth-order valence-corrected chi connectivity index (χ4v) is 1.61. The number of halogens is 3. The molecule has 5 heteroatoms. The highest BCUT2D eigenvalue weighted by atomic mass is 19.2. The van der Waals surface area contributed by atoms with Crippen molar-refractivity contribution in [2.24, 2.45) is 5.73 Å². The first-order chi connectivity index (χ1) is 7.52. The Kier molecular flexibility index (Phi) is 2.55. The van der Waals surface area contributed by atoms with Crippen LogP contribution >= 0.6 is 0 Å².